The summed E-state index contributed by atoms with van der Waals surface area (Å²) in [7, 11) is 2.10. The summed E-state index contributed by atoms with van der Waals surface area (Å²) in [6.07, 6.45) is 0. The number of likely N-dealkylation sites (N-methyl/N-ethyl adjacent to an activating group) is 1. The van der Waals surface area contributed by atoms with E-state index in [9.17, 15) is 9.59 Å². The Morgan fingerprint density at radius 2 is 1.69 bits per heavy atom. The molecule has 2 N–H and O–H groups in total. The molecule has 1 atom stereocenters. The molecule has 4 rings (SSSR count). The van der Waals surface area contributed by atoms with Crippen molar-refractivity contribution in [3.8, 4) is 11.5 Å². The highest BCUT2D eigenvalue weighted by atomic mass is 16.7. The summed E-state index contributed by atoms with van der Waals surface area (Å²) in [4.78, 5) is 29.6. The van der Waals surface area contributed by atoms with Gasteiger partial charge in [0.2, 0.25) is 6.79 Å². The zero-order valence-electron chi connectivity index (χ0n) is 18.8. The molecule has 170 valence electrons. The molecule has 2 aliphatic heterocycles. The van der Waals surface area contributed by atoms with Gasteiger partial charge in [-0.05, 0) is 61.9 Å². The van der Waals surface area contributed by atoms with E-state index in [4.69, 9.17) is 9.47 Å². The number of piperazine rings is 1. The molecule has 0 saturated carbocycles. The quantitative estimate of drug-likeness (QED) is 0.696. The molecule has 32 heavy (non-hydrogen) atoms. The number of benzene rings is 2. The summed E-state index contributed by atoms with van der Waals surface area (Å²) in [6.45, 7) is 8.15. The smallest absolute Gasteiger partial charge is 0.313 e. The van der Waals surface area contributed by atoms with Gasteiger partial charge in [-0.15, -0.1) is 0 Å². The van der Waals surface area contributed by atoms with Crippen LogP contribution in [0.25, 0.3) is 0 Å². The molecule has 0 radical (unpaired) electrons. The first-order chi connectivity index (χ1) is 15.4. The Hall–Kier alpha value is -3.10. The zero-order valence-corrected chi connectivity index (χ0v) is 18.8. The molecule has 1 fully saturated rings. The number of anilines is 1. The fourth-order valence-electron chi connectivity index (χ4n) is 3.99. The molecule has 8 nitrogen and oxygen atoms in total. The van der Waals surface area contributed by atoms with E-state index in [1.807, 2.05) is 44.2 Å². The monoisotopic (exact) mass is 438 g/mol. The lowest BCUT2D eigenvalue weighted by atomic mass is 10.0. The van der Waals surface area contributed by atoms with Gasteiger partial charge in [0.25, 0.3) is 0 Å². The Morgan fingerprint density at radius 1 is 0.938 bits per heavy atom. The first-order valence-corrected chi connectivity index (χ1v) is 10.9. The van der Waals surface area contributed by atoms with E-state index in [-0.39, 0.29) is 12.8 Å². The van der Waals surface area contributed by atoms with Crippen molar-refractivity contribution in [3.63, 3.8) is 0 Å². The molecule has 1 saturated heterocycles. The lowest BCUT2D eigenvalue weighted by molar-refractivity contribution is -0.136. The fraction of sp³-hybridized carbons (Fsp3) is 0.417. The maximum atomic E-state index is 12.6. The first kappa shape index (κ1) is 22.1. The number of nitrogens with one attached hydrogen (secondary N) is 2. The minimum absolute atomic E-state index is 0.0726. The minimum atomic E-state index is -0.670. The van der Waals surface area contributed by atoms with Gasteiger partial charge in [0.1, 0.15) is 0 Å². The highest BCUT2D eigenvalue weighted by Crippen LogP contribution is 2.35. The van der Waals surface area contributed by atoms with Crippen LogP contribution in [0.5, 0.6) is 11.5 Å². The molecular formula is C24H30N4O4. The number of hydrogen-bond donors (Lipinski definition) is 2. The maximum absolute atomic E-state index is 12.6. The third-order valence-corrected chi connectivity index (χ3v) is 6.19. The third-order valence-electron chi connectivity index (χ3n) is 6.19. The average Bonchev–Trinajstić information content (AvgIpc) is 3.25. The SMILES string of the molecule is Cc1ccc(NC(=O)C(=O)NC[C@@H](c2ccc3c(c2)OCO3)N2CCN(C)CC2)cc1C. The van der Waals surface area contributed by atoms with Crippen molar-refractivity contribution in [2.45, 2.75) is 19.9 Å². The van der Waals surface area contributed by atoms with E-state index in [0.29, 0.717) is 18.0 Å². The van der Waals surface area contributed by atoms with Gasteiger partial charge in [-0.2, -0.15) is 0 Å². The Bertz CT molecular complexity index is 1000. The predicted octanol–water partition coefficient (Wildman–Crippen LogP) is 2.08. The van der Waals surface area contributed by atoms with Gasteiger partial charge in [-0.25, -0.2) is 0 Å². The molecule has 2 amide bonds. The van der Waals surface area contributed by atoms with E-state index in [1.165, 1.54) is 0 Å². The van der Waals surface area contributed by atoms with Gasteiger partial charge in [-0.3, -0.25) is 14.5 Å². The van der Waals surface area contributed by atoms with E-state index in [1.54, 1.807) is 6.07 Å². The van der Waals surface area contributed by atoms with Crippen molar-refractivity contribution in [1.82, 2.24) is 15.1 Å². The van der Waals surface area contributed by atoms with Crippen molar-refractivity contribution in [1.29, 1.82) is 0 Å². The van der Waals surface area contributed by atoms with E-state index in [0.717, 1.165) is 48.6 Å². The highest BCUT2D eigenvalue weighted by Gasteiger charge is 2.27. The Morgan fingerprint density at radius 3 is 2.44 bits per heavy atom. The van der Waals surface area contributed by atoms with Crippen molar-refractivity contribution in [2.24, 2.45) is 0 Å². The van der Waals surface area contributed by atoms with E-state index in [2.05, 4.69) is 27.5 Å². The first-order valence-electron chi connectivity index (χ1n) is 10.9. The number of carbonyl (C=O) groups is 2. The number of rotatable bonds is 5. The van der Waals surface area contributed by atoms with Gasteiger partial charge < -0.3 is 25.0 Å². The number of ether oxygens (including phenoxy) is 2. The van der Waals surface area contributed by atoms with Crippen LogP contribution < -0.4 is 20.1 Å². The zero-order chi connectivity index (χ0) is 22.7. The molecule has 0 aromatic heterocycles. The fourth-order valence-corrected chi connectivity index (χ4v) is 3.99. The summed E-state index contributed by atoms with van der Waals surface area (Å²) < 4.78 is 11.0. The van der Waals surface area contributed by atoms with Gasteiger partial charge in [0.05, 0.1) is 6.04 Å². The van der Waals surface area contributed by atoms with Crippen molar-refractivity contribution in [2.75, 3.05) is 51.9 Å². The van der Waals surface area contributed by atoms with E-state index < -0.39 is 11.8 Å². The van der Waals surface area contributed by atoms with Crippen LogP contribution in [0.1, 0.15) is 22.7 Å². The minimum Gasteiger partial charge on any atom is -0.454 e. The molecule has 0 spiro atoms. The van der Waals surface area contributed by atoms with E-state index >= 15 is 0 Å². The Balaban J connectivity index is 1.44. The summed E-state index contributed by atoms with van der Waals surface area (Å²) in [6, 6.07) is 11.4. The molecule has 2 aromatic carbocycles. The number of carbonyl (C=O) groups excluding carboxylic acids is 2. The van der Waals surface area contributed by atoms with Crippen LogP contribution in [0.15, 0.2) is 36.4 Å². The van der Waals surface area contributed by atoms with Crippen LogP contribution in [0.4, 0.5) is 5.69 Å². The lowest BCUT2D eigenvalue weighted by Crippen LogP contribution is -2.49. The van der Waals surface area contributed by atoms with Crippen molar-refractivity contribution in [3.05, 3.63) is 53.1 Å². The van der Waals surface area contributed by atoms with Gasteiger partial charge in [0.15, 0.2) is 11.5 Å². The van der Waals surface area contributed by atoms with Crippen LogP contribution in [0, 0.1) is 13.8 Å². The van der Waals surface area contributed by atoms with Crippen molar-refractivity contribution < 1.29 is 19.1 Å². The predicted molar refractivity (Wildman–Crippen MR) is 122 cm³/mol. The van der Waals surface area contributed by atoms with Crippen LogP contribution in [0.3, 0.4) is 0 Å². The normalized spacial score (nSPS) is 17.1. The standard InChI is InChI=1S/C24H30N4O4/c1-16-4-6-19(12-17(16)2)26-24(30)23(29)25-14-20(28-10-8-27(3)9-11-28)18-5-7-21-22(13-18)32-15-31-21/h4-7,12-13,20H,8-11,14-15H2,1-3H3,(H,25,29)(H,26,30)/t20-/m0/s1. The summed E-state index contributed by atoms with van der Waals surface area (Å²) in [5, 5.41) is 5.51. The highest BCUT2D eigenvalue weighted by molar-refractivity contribution is 6.39. The second kappa shape index (κ2) is 9.58. The topological polar surface area (TPSA) is 83.1 Å². The largest absolute Gasteiger partial charge is 0.454 e. The molecule has 0 unspecified atom stereocenters. The Kier molecular flexibility index (Phi) is 6.62. The molecule has 2 aliphatic rings. The average molecular weight is 439 g/mol. The molecule has 8 heteroatoms. The van der Waals surface area contributed by atoms with Crippen LogP contribution in [-0.4, -0.2) is 68.2 Å². The molecular weight excluding hydrogens is 408 g/mol. The second-order valence-corrected chi connectivity index (χ2v) is 8.43. The van der Waals surface area contributed by atoms with Gasteiger partial charge in [0, 0.05) is 38.4 Å². The lowest BCUT2D eigenvalue weighted by Gasteiger charge is -2.38. The number of fused-ring (bicyclic) bond motifs is 1. The molecule has 0 bridgehead atoms. The maximum Gasteiger partial charge on any atom is 0.313 e. The molecule has 2 aromatic rings. The van der Waals surface area contributed by atoms with Gasteiger partial charge >= 0.3 is 11.8 Å². The van der Waals surface area contributed by atoms with Crippen LogP contribution in [0.2, 0.25) is 0 Å². The van der Waals surface area contributed by atoms with Gasteiger partial charge in [-0.1, -0.05) is 12.1 Å². The van der Waals surface area contributed by atoms with Crippen LogP contribution in [-0.2, 0) is 9.59 Å². The molecule has 0 aliphatic carbocycles. The Labute approximate surface area is 188 Å². The summed E-state index contributed by atoms with van der Waals surface area (Å²) in [5.74, 6) is 0.113. The number of amides is 2. The molecule has 2 heterocycles. The van der Waals surface area contributed by atoms with Crippen molar-refractivity contribution >= 4 is 17.5 Å². The third kappa shape index (κ3) is 5.03. The summed E-state index contributed by atoms with van der Waals surface area (Å²) in [5.41, 5.74) is 3.82. The number of nitrogens with zero attached hydrogens (tertiary/aromatic N) is 2. The number of aryl methyl sites for hydroxylation is 2. The summed E-state index contributed by atoms with van der Waals surface area (Å²) >= 11 is 0. The van der Waals surface area contributed by atoms with Crippen LogP contribution >= 0.6 is 0 Å². The second-order valence-electron chi connectivity index (χ2n) is 8.43. The number of hydrogen-bond acceptors (Lipinski definition) is 6.